The third-order valence-electron chi connectivity index (χ3n) is 4.80. The Morgan fingerprint density at radius 2 is 1.82 bits per heavy atom. The minimum absolute atomic E-state index is 0.788. The van der Waals surface area contributed by atoms with Crippen LogP contribution < -0.4 is 10.1 Å². The monoisotopic (exact) mass is 303 g/mol. The van der Waals surface area contributed by atoms with Crippen LogP contribution in [0.25, 0.3) is 0 Å². The van der Waals surface area contributed by atoms with Crippen molar-refractivity contribution in [1.29, 1.82) is 0 Å². The van der Waals surface area contributed by atoms with E-state index in [4.69, 9.17) is 4.74 Å². The van der Waals surface area contributed by atoms with E-state index in [0.29, 0.717) is 0 Å². The molecule has 4 nitrogen and oxygen atoms in total. The van der Waals surface area contributed by atoms with Gasteiger partial charge in [-0.25, -0.2) is 0 Å². The van der Waals surface area contributed by atoms with Crippen molar-refractivity contribution in [3.63, 3.8) is 0 Å². The number of hydrogen-bond acceptors (Lipinski definition) is 4. The molecule has 0 aliphatic carbocycles. The summed E-state index contributed by atoms with van der Waals surface area (Å²) < 4.78 is 5.79. The molecule has 1 atom stereocenters. The van der Waals surface area contributed by atoms with Crippen LogP contribution in [0.4, 0.5) is 0 Å². The molecule has 122 valence electrons. The Morgan fingerprint density at radius 3 is 2.55 bits per heavy atom. The van der Waals surface area contributed by atoms with Crippen molar-refractivity contribution in [2.75, 3.05) is 59.0 Å². The van der Waals surface area contributed by atoms with Crippen molar-refractivity contribution in [3.05, 3.63) is 30.3 Å². The fourth-order valence-electron chi connectivity index (χ4n) is 3.45. The number of para-hydroxylation sites is 1. The summed E-state index contributed by atoms with van der Waals surface area (Å²) in [5.74, 6) is 1.84. The number of piperidine rings is 1. The van der Waals surface area contributed by atoms with Gasteiger partial charge in [0.25, 0.3) is 0 Å². The first-order chi connectivity index (χ1) is 10.9. The van der Waals surface area contributed by atoms with E-state index >= 15 is 0 Å². The predicted molar refractivity (Wildman–Crippen MR) is 90.4 cm³/mol. The molecule has 0 bridgehead atoms. The van der Waals surface area contributed by atoms with Crippen LogP contribution in [-0.4, -0.2) is 68.8 Å². The van der Waals surface area contributed by atoms with Crippen LogP contribution in [-0.2, 0) is 0 Å². The molecule has 22 heavy (non-hydrogen) atoms. The van der Waals surface area contributed by atoms with Gasteiger partial charge in [0, 0.05) is 39.3 Å². The molecule has 2 aliphatic heterocycles. The topological polar surface area (TPSA) is 27.7 Å². The first-order valence-electron chi connectivity index (χ1n) is 8.73. The summed E-state index contributed by atoms with van der Waals surface area (Å²) in [6.45, 7) is 10.3. The molecule has 2 heterocycles. The van der Waals surface area contributed by atoms with E-state index in [2.05, 4.69) is 15.1 Å². The number of rotatable bonds is 6. The van der Waals surface area contributed by atoms with Gasteiger partial charge >= 0.3 is 0 Å². The quantitative estimate of drug-likeness (QED) is 0.865. The predicted octanol–water partition coefficient (Wildman–Crippen LogP) is 1.68. The Bertz CT molecular complexity index is 412. The molecule has 4 heteroatoms. The minimum Gasteiger partial charge on any atom is -0.492 e. The van der Waals surface area contributed by atoms with Gasteiger partial charge in [-0.2, -0.15) is 0 Å². The molecule has 1 N–H and O–H groups in total. The maximum atomic E-state index is 5.79. The fraction of sp³-hybridized carbons (Fsp3) is 0.667. The van der Waals surface area contributed by atoms with Gasteiger partial charge in [-0.15, -0.1) is 0 Å². The number of nitrogens with one attached hydrogen (secondary N) is 1. The smallest absolute Gasteiger partial charge is 0.119 e. The highest BCUT2D eigenvalue weighted by Gasteiger charge is 2.21. The number of hydrogen-bond donors (Lipinski definition) is 1. The Balaban J connectivity index is 1.30. The Hall–Kier alpha value is -1.10. The first-order valence-corrected chi connectivity index (χ1v) is 8.73. The highest BCUT2D eigenvalue weighted by atomic mass is 16.5. The second kappa shape index (κ2) is 8.51. The third kappa shape index (κ3) is 4.97. The molecule has 1 aromatic carbocycles. The summed E-state index contributed by atoms with van der Waals surface area (Å²) in [6.07, 6.45) is 2.75. The van der Waals surface area contributed by atoms with E-state index in [1.807, 2.05) is 30.3 Å². The van der Waals surface area contributed by atoms with Gasteiger partial charge in [-0.05, 0) is 44.0 Å². The minimum atomic E-state index is 0.788. The summed E-state index contributed by atoms with van der Waals surface area (Å²) in [4.78, 5) is 5.17. The van der Waals surface area contributed by atoms with Crippen molar-refractivity contribution in [2.24, 2.45) is 5.92 Å². The molecule has 0 amide bonds. The zero-order valence-electron chi connectivity index (χ0n) is 13.5. The van der Waals surface area contributed by atoms with Crippen molar-refractivity contribution in [3.8, 4) is 5.75 Å². The Kier molecular flexibility index (Phi) is 6.11. The summed E-state index contributed by atoms with van der Waals surface area (Å²) in [6, 6.07) is 10.1. The number of ether oxygens (including phenoxy) is 1. The van der Waals surface area contributed by atoms with E-state index in [9.17, 15) is 0 Å². The van der Waals surface area contributed by atoms with Crippen molar-refractivity contribution < 1.29 is 4.74 Å². The Labute approximate surface area is 134 Å². The third-order valence-corrected chi connectivity index (χ3v) is 4.80. The molecule has 1 aromatic rings. The number of benzene rings is 1. The van der Waals surface area contributed by atoms with E-state index in [0.717, 1.165) is 24.8 Å². The standard InChI is InChI=1S/C18H29N3O/c1-2-6-18(7-3-1)22-14-13-20-9-11-21(12-10-20)16-17-5-4-8-19-15-17/h1-3,6-7,17,19H,4-5,8-16H2/t17-/m1/s1. The van der Waals surface area contributed by atoms with Crippen LogP contribution in [0.1, 0.15) is 12.8 Å². The van der Waals surface area contributed by atoms with Gasteiger partial charge in [0.05, 0.1) is 0 Å². The van der Waals surface area contributed by atoms with Crippen LogP contribution in [0.2, 0.25) is 0 Å². The average molecular weight is 303 g/mol. The first kappa shape index (κ1) is 15.8. The summed E-state index contributed by atoms with van der Waals surface area (Å²) >= 11 is 0. The van der Waals surface area contributed by atoms with Crippen LogP contribution in [0.15, 0.2) is 30.3 Å². The number of nitrogens with zero attached hydrogens (tertiary/aromatic N) is 2. The van der Waals surface area contributed by atoms with Gasteiger partial charge in [-0.1, -0.05) is 18.2 Å². The summed E-state index contributed by atoms with van der Waals surface area (Å²) in [5, 5.41) is 3.52. The van der Waals surface area contributed by atoms with E-state index in [-0.39, 0.29) is 0 Å². The molecule has 0 spiro atoms. The van der Waals surface area contributed by atoms with Gasteiger partial charge in [0.15, 0.2) is 0 Å². The molecule has 2 fully saturated rings. The molecular formula is C18H29N3O. The van der Waals surface area contributed by atoms with Crippen molar-refractivity contribution in [2.45, 2.75) is 12.8 Å². The SMILES string of the molecule is c1ccc(OCCN2CCN(C[C@@H]3CCCNC3)CC2)cc1. The lowest BCUT2D eigenvalue weighted by Crippen LogP contribution is -2.49. The van der Waals surface area contributed by atoms with Crippen molar-refractivity contribution >= 4 is 0 Å². The van der Waals surface area contributed by atoms with Gasteiger partial charge in [0.2, 0.25) is 0 Å². The zero-order chi connectivity index (χ0) is 15.0. The lowest BCUT2D eigenvalue weighted by atomic mass is 9.99. The van der Waals surface area contributed by atoms with Crippen molar-refractivity contribution in [1.82, 2.24) is 15.1 Å². The largest absolute Gasteiger partial charge is 0.492 e. The van der Waals surface area contributed by atoms with E-state index < -0.39 is 0 Å². The summed E-state index contributed by atoms with van der Waals surface area (Å²) in [7, 11) is 0. The molecule has 0 saturated carbocycles. The normalized spacial score (nSPS) is 24.3. The Morgan fingerprint density at radius 1 is 1.05 bits per heavy atom. The average Bonchev–Trinajstić information content (AvgIpc) is 2.58. The molecule has 2 aliphatic rings. The van der Waals surface area contributed by atoms with Gasteiger partial charge in [-0.3, -0.25) is 4.90 Å². The van der Waals surface area contributed by atoms with Gasteiger partial charge in [0.1, 0.15) is 12.4 Å². The second-order valence-electron chi connectivity index (χ2n) is 6.52. The lowest BCUT2D eigenvalue weighted by Gasteiger charge is -2.37. The zero-order valence-corrected chi connectivity index (χ0v) is 13.5. The maximum absolute atomic E-state index is 5.79. The van der Waals surface area contributed by atoms with E-state index in [1.165, 1.54) is 58.7 Å². The molecular weight excluding hydrogens is 274 g/mol. The van der Waals surface area contributed by atoms with Gasteiger partial charge < -0.3 is 15.0 Å². The highest BCUT2D eigenvalue weighted by Crippen LogP contribution is 2.13. The molecule has 0 aromatic heterocycles. The fourth-order valence-corrected chi connectivity index (χ4v) is 3.45. The molecule has 0 radical (unpaired) electrons. The molecule has 3 rings (SSSR count). The second-order valence-corrected chi connectivity index (χ2v) is 6.52. The summed E-state index contributed by atoms with van der Waals surface area (Å²) in [5.41, 5.74) is 0. The lowest BCUT2D eigenvalue weighted by molar-refractivity contribution is 0.101. The van der Waals surface area contributed by atoms with Crippen LogP contribution >= 0.6 is 0 Å². The highest BCUT2D eigenvalue weighted by molar-refractivity contribution is 5.20. The van der Waals surface area contributed by atoms with Crippen LogP contribution in [0.5, 0.6) is 5.75 Å². The van der Waals surface area contributed by atoms with E-state index in [1.54, 1.807) is 0 Å². The maximum Gasteiger partial charge on any atom is 0.119 e. The van der Waals surface area contributed by atoms with Crippen LogP contribution in [0.3, 0.4) is 0 Å². The number of piperazine rings is 1. The van der Waals surface area contributed by atoms with Crippen LogP contribution in [0, 0.1) is 5.92 Å². The molecule has 0 unspecified atom stereocenters. The molecule has 2 saturated heterocycles.